The lowest BCUT2D eigenvalue weighted by Crippen LogP contribution is -2.16. The van der Waals surface area contributed by atoms with Gasteiger partial charge in [0.25, 0.3) is 10.0 Å². The van der Waals surface area contributed by atoms with E-state index in [2.05, 4.69) is 4.72 Å². The zero-order valence-electron chi connectivity index (χ0n) is 12.7. The zero-order chi connectivity index (χ0) is 19.0. The van der Waals surface area contributed by atoms with Gasteiger partial charge in [-0.05, 0) is 48.9 Å². The first kappa shape index (κ1) is 19.2. The Bertz CT molecular complexity index is 999. The highest BCUT2D eigenvalue weighted by Gasteiger charge is 2.30. The van der Waals surface area contributed by atoms with Crippen LogP contribution in [0.5, 0.6) is 0 Å². The molecule has 0 atom stereocenters. The Morgan fingerprint density at radius 1 is 0.960 bits per heavy atom. The molecule has 2 aromatic rings. The molecule has 0 saturated carbocycles. The number of hydrogen-bond donors (Lipinski definition) is 2. The van der Waals surface area contributed by atoms with Gasteiger partial charge in [0.1, 0.15) is 0 Å². The maximum Gasteiger partial charge on any atom is 0.416 e. The maximum absolute atomic E-state index is 12.5. The number of halogens is 3. The van der Waals surface area contributed by atoms with Crippen LogP contribution in [-0.2, 0) is 26.2 Å². The fourth-order valence-electron chi connectivity index (χ4n) is 2.01. The van der Waals surface area contributed by atoms with Gasteiger partial charge in [0.05, 0.1) is 21.0 Å². The monoisotopic (exact) mass is 394 g/mol. The largest absolute Gasteiger partial charge is 0.416 e. The Hall–Kier alpha value is -2.11. The van der Waals surface area contributed by atoms with E-state index in [0.717, 1.165) is 18.2 Å². The predicted octanol–water partition coefficient (Wildman–Crippen LogP) is 2.46. The molecule has 0 radical (unpaired) electrons. The van der Waals surface area contributed by atoms with Crippen molar-refractivity contribution in [2.75, 3.05) is 4.72 Å². The van der Waals surface area contributed by atoms with Crippen LogP contribution in [0.2, 0.25) is 0 Å². The number of aryl methyl sites for hydroxylation is 1. The summed E-state index contributed by atoms with van der Waals surface area (Å²) in [5.74, 6) is 0. The van der Waals surface area contributed by atoms with Gasteiger partial charge >= 0.3 is 6.18 Å². The van der Waals surface area contributed by atoms with Crippen LogP contribution in [0, 0.1) is 6.92 Å². The van der Waals surface area contributed by atoms with Gasteiger partial charge in [-0.2, -0.15) is 13.2 Å². The van der Waals surface area contributed by atoms with Gasteiger partial charge in [0.15, 0.2) is 0 Å². The molecule has 0 saturated heterocycles. The van der Waals surface area contributed by atoms with Gasteiger partial charge in [-0.25, -0.2) is 22.0 Å². The van der Waals surface area contributed by atoms with Crippen LogP contribution in [-0.4, -0.2) is 16.8 Å². The van der Waals surface area contributed by atoms with Crippen molar-refractivity contribution in [2.24, 2.45) is 5.14 Å². The first-order valence-corrected chi connectivity index (χ1v) is 9.67. The number of sulfonamides is 2. The summed E-state index contributed by atoms with van der Waals surface area (Å²) in [5.41, 5.74) is -0.757. The maximum atomic E-state index is 12.5. The molecule has 0 amide bonds. The first-order valence-electron chi connectivity index (χ1n) is 6.64. The highest BCUT2D eigenvalue weighted by Crippen LogP contribution is 2.30. The molecule has 11 heteroatoms. The van der Waals surface area contributed by atoms with Crippen molar-refractivity contribution in [1.82, 2.24) is 0 Å². The summed E-state index contributed by atoms with van der Waals surface area (Å²) in [6.45, 7) is 1.48. The number of rotatable bonds is 4. The third-order valence-corrected chi connectivity index (χ3v) is 5.69. The molecule has 0 aliphatic carbocycles. The van der Waals surface area contributed by atoms with Gasteiger partial charge in [0.2, 0.25) is 10.0 Å². The molecule has 0 bridgehead atoms. The van der Waals surface area contributed by atoms with E-state index >= 15 is 0 Å². The Kier molecular flexibility index (Phi) is 4.86. The lowest BCUT2D eigenvalue weighted by Gasteiger charge is -2.12. The molecule has 2 aromatic carbocycles. The van der Waals surface area contributed by atoms with Crippen LogP contribution in [0.1, 0.15) is 11.1 Å². The quantitative estimate of drug-likeness (QED) is 0.831. The van der Waals surface area contributed by atoms with Gasteiger partial charge in [-0.3, -0.25) is 4.72 Å². The highest BCUT2D eigenvalue weighted by molar-refractivity contribution is 7.92. The summed E-state index contributed by atoms with van der Waals surface area (Å²) in [5, 5.41) is 5.05. The van der Waals surface area contributed by atoms with E-state index in [-0.39, 0.29) is 10.6 Å². The minimum absolute atomic E-state index is 0.0884. The molecule has 2 rings (SSSR count). The van der Waals surface area contributed by atoms with E-state index < -0.39 is 36.7 Å². The second-order valence-corrected chi connectivity index (χ2v) is 8.37. The van der Waals surface area contributed by atoms with Gasteiger partial charge in [-0.15, -0.1) is 0 Å². The van der Waals surface area contributed by atoms with E-state index in [0.29, 0.717) is 17.7 Å². The molecule has 6 nitrogen and oxygen atoms in total. The van der Waals surface area contributed by atoms with Gasteiger partial charge in [-0.1, -0.05) is 6.07 Å². The lowest BCUT2D eigenvalue weighted by molar-refractivity contribution is -0.137. The zero-order valence-corrected chi connectivity index (χ0v) is 14.3. The number of hydrogen-bond acceptors (Lipinski definition) is 4. The minimum atomic E-state index is -4.59. The van der Waals surface area contributed by atoms with Crippen molar-refractivity contribution in [1.29, 1.82) is 0 Å². The Labute approximate surface area is 142 Å². The summed E-state index contributed by atoms with van der Waals surface area (Å²) in [6, 6.07) is 6.58. The molecule has 0 aromatic heterocycles. The molecule has 0 spiro atoms. The Morgan fingerprint density at radius 2 is 1.52 bits per heavy atom. The number of anilines is 1. The SMILES string of the molecule is Cc1ccc(NS(=O)(=O)c2ccc(C(F)(F)F)cc2)cc1S(N)(=O)=O. The number of nitrogens with one attached hydrogen (secondary N) is 1. The molecule has 3 N–H and O–H groups in total. The molecule has 0 aliphatic rings. The van der Waals surface area contributed by atoms with Crippen molar-refractivity contribution in [3.63, 3.8) is 0 Å². The van der Waals surface area contributed by atoms with Crippen LogP contribution in [0.25, 0.3) is 0 Å². The Balaban J connectivity index is 2.36. The van der Waals surface area contributed by atoms with Crippen molar-refractivity contribution >= 4 is 25.7 Å². The summed E-state index contributed by atoms with van der Waals surface area (Å²) < 4.78 is 87.1. The smallest absolute Gasteiger partial charge is 0.280 e. The van der Waals surface area contributed by atoms with Crippen LogP contribution < -0.4 is 9.86 Å². The topological polar surface area (TPSA) is 106 Å². The second kappa shape index (κ2) is 6.32. The number of nitrogens with two attached hydrogens (primary N) is 1. The molecular formula is C14H13F3N2O4S2. The molecule has 0 fully saturated rings. The molecule has 0 aliphatic heterocycles. The molecule has 0 unspecified atom stereocenters. The minimum Gasteiger partial charge on any atom is -0.280 e. The number of benzene rings is 2. The van der Waals surface area contributed by atoms with Crippen molar-refractivity contribution in [2.45, 2.75) is 22.9 Å². The molecule has 136 valence electrons. The van der Waals surface area contributed by atoms with Gasteiger partial charge < -0.3 is 0 Å². The fraction of sp³-hybridized carbons (Fsp3) is 0.143. The van der Waals surface area contributed by atoms with Crippen molar-refractivity contribution in [3.05, 3.63) is 53.6 Å². The van der Waals surface area contributed by atoms with E-state index in [1.54, 1.807) is 0 Å². The summed E-state index contributed by atoms with van der Waals surface area (Å²) >= 11 is 0. The highest BCUT2D eigenvalue weighted by atomic mass is 32.2. The average molecular weight is 394 g/mol. The first-order chi connectivity index (χ1) is 11.3. The summed E-state index contributed by atoms with van der Waals surface area (Å²) in [7, 11) is -8.26. The van der Waals surface area contributed by atoms with Crippen LogP contribution in [0.15, 0.2) is 52.3 Å². The van der Waals surface area contributed by atoms with E-state index in [1.807, 2.05) is 0 Å². The van der Waals surface area contributed by atoms with E-state index in [4.69, 9.17) is 5.14 Å². The van der Waals surface area contributed by atoms with Crippen molar-refractivity contribution < 1.29 is 30.0 Å². The third-order valence-electron chi connectivity index (χ3n) is 3.24. The second-order valence-electron chi connectivity index (χ2n) is 5.15. The van der Waals surface area contributed by atoms with Crippen LogP contribution >= 0.6 is 0 Å². The summed E-state index contributed by atoms with van der Waals surface area (Å²) in [6.07, 6.45) is -4.59. The Morgan fingerprint density at radius 3 is 2.00 bits per heavy atom. The third kappa shape index (κ3) is 4.50. The molecular weight excluding hydrogens is 381 g/mol. The lowest BCUT2D eigenvalue weighted by atomic mass is 10.2. The normalized spacial score (nSPS) is 12.8. The van der Waals surface area contributed by atoms with E-state index in [1.165, 1.54) is 19.1 Å². The van der Waals surface area contributed by atoms with Gasteiger partial charge in [0, 0.05) is 0 Å². The van der Waals surface area contributed by atoms with E-state index in [9.17, 15) is 30.0 Å². The standard InChI is InChI=1S/C14H13F3N2O4S2/c1-9-2-5-11(8-13(9)24(18,20)21)19-25(22,23)12-6-3-10(4-7-12)14(15,16)17/h2-8,19H,1H3,(H2,18,20,21). The fourth-order valence-corrected chi connectivity index (χ4v) is 3.86. The van der Waals surface area contributed by atoms with Crippen LogP contribution in [0.4, 0.5) is 18.9 Å². The number of alkyl halides is 3. The molecule has 25 heavy (non-hydrogen) atoms. The molecule has 0 heterocycles. The van der Waals surface area contributed by atoms with Crippen LogP contribution in [0.3, 0.4) is 0 Å². The predicted molar refractivity (Wildman–Crippen MR) is 84.8 cm³/mol. The van der Waals surface area contributed by atoms with Crippen molar-refractivity contribution in [3.8, 4) is 0 Å². The summed E-state index contributed by atoms with van der Waals surface area (Å²) in [4.78, 5) is -0.668. The average Bonchev–Trinajstić information content (AvgIpc) is 2.47. The number of primary sulfonamides is 1.